The van der Waals surface area contributed by atoms with Gasteiger partial charge in [0, 0.05) is 9.50 Å². The van der Waals surface area contributed by atoms with E-state index in [-0.39, 0.29) is 0 Å². The topological polar surface area (TPSA) is 35.2 Å². The predicted octanol–water partition coefficient (Wildman–Crippen LogP) is 5.91. The molecule has 0 bridgehead atoms. The lowest BCUT2D eigenvalue weighted by atomic mass is 10.0. The van der Waals surface area contributed by atoms with Gasteiger partial charge < -0.3 is 10.5 Å². The Bertz CT molecular complexity index is 641. The number of aryl methyl sites for hydroxylation is 1. The van der Waals surface area contributed by atoms with Crippen molar-refractivity contribution >= 4 is 33.2 Å². The van der Waals surface area contributed by atoms with E-state index in [1.54, 1.807) is 0 Å². The molecule has 4 heteroatoms. The monoisotopic (exact) mass is 353 g/mol. The molecule has 2 nitrogen and oxygen atoms in total. The fourth-order valence-electron chi connectivity index (χ4n) is 1.95. The first-order valence-corrected chi connectivity index (χ1v) is 7.58. The quantitative estimate of drug-likeness (QED) is 0.695. The summed E-state index contributed by atoms with van der Waals surface area (Å²) >= 11 is 9.65. The fourth-order valence-corrected chi connectivity index (χ4v) is 2.77. The van der Waals surface area contributed by atoms with E-state index in [0.29, 0.717) is 17.4 Å². The van der Waals surface area contributed by atoms with Crippen molar-refractivity contribution in [2.75, 3.05) is 5.73 Å². The van der Waals surface area contributed by atoms with E-state index in [0.717, 1.165) is 26.4 Å². The predicted molar refractivity (Wildman–Crippen MR) is 88.9 cm³/mol. The van der Waals surface area contributed by atoms with Crippen molar-refractivity contribution in [1.82, 2.24) is 0 Å². The molecule has 0 heterocycles. The number of hydrogen-bond acceptors (Lipinski definition) is 2. The maximum absolute atomic E-state index is 6.27. The van der Waals surface area contributed by atoms with Crippen LogP contribution >= 0.6 is 27.5 Å². The summed E-state index contributed by atoms with van der Waals surface area (Å²) < 4.78 is 6.87. The molecule has 0 amide bonds. The number of hydrogen-bond donors (Lipinski definition) is 1. The highest BCUT2D eigenvalue weighted by atomic mass is 79.9. The van der Waals surface area contributed by atoms with Crippen LogP contribution in [-0.2, 0) is 0 Å². The molecule has 0 aliphatic carbocycles. The Labute approximate surface area is 133 Å². The number of nitrogens with two attached hydrogens (primary N) is 1. The second-order valence-electron chi connectivity index (χ2n) is 5.08. The number of rotatable bonds is 3. The average Bonchev–Trinajstić information content (AvgIpc) is 2.35. The number of nitrogen functional groups attached to an aromatic ring is 1. The molecule has 0 unspecified atom stereocenters. The third-order valence-corrected chi connectivity index (χ3v) is 3.93. The van der Waals surface area contributed by atoms with Crippen LogP contribution in [0.1, 0.15) is 30.9 Å². The molecule has 0 atom stereocenters. The van der Waals surface area contributed by atoms with Crippen LogP contribution in [0.2, 0.25) is 5.02 Å². The molecule has 0 fully saturated rings. The lowest BCUT2D eigenvalue weighted by Crippen LogP contribution is -1.96. The second kappa shape index (κ2) is 6.06. The molecule has 0 radical (unpaired) electrons. The Morgan fingerprint density at radius 3 is 2.45 bits per heavy atom. The standard InChI is InChI=1S/C16H17BrClNO/c1-9(2)12-8-16(10(3)6-13(12)18)20-15-5-4-11(17)7-14(15)19/h4-9H,19H2,1-3H3. The van der Waals surface area contributed by atoms with E-state index in [1.165, 1.54) is 0 Å². The second-order valence-corrected chi connectivity index (χ2v) is 6.40. The molecule has 0 saturated heterocycles. The minimum Gasteiger partial charge on any atom is -0.455 e. The first kappa shape index (κ1) is 15.2. The minimum absolute atomic E-state index is 0.340. The van der Waals surface area contributed by atoms with E-state index in [4.69, 9.17) is 22.1 Å². The summed E-state index contributed by atoms with van der Waals surface area (Å²) in [6.07, 6.45) is 0. The molecule has 0 aliphatic rings. The molecule has 0 saturated carbocycles. The highest BCUT2D eigenvalue weighted by Crippen LogP contribution is 2.36. The third-order valence-electron chi connectivity index (χ3n) is 3.11. The van der Waals surface area contributed by atoms with Gasteiger partial charge in [-0.1, -0.05) is 41.4 Å². The van der Waals surface area contributed by atoms with Crippen molar-refractivity contribution in [3.63, 3.8) is 0 Å². The zero-order valence-corrected chi connectivity index (χ0v) is 14.0. The third kappa shape index (κ3) is 3.28. The molecule has 20 heavy (non-hydrogen) atoms. The van der Waals surface area contributed by atoms with Gasteiger partial charge in [0.15, 0.2) is 0 Å². The minimum atomic E-state index is 0.340. The first-order chi connectivity index (χ1) is 9.38. The van der Waals surface area contributed by atoms with E-state index in [2.05, 4.69) is 29.8 Å². The highest BCUT2D eigenvalue weighted by Gasteiger charge is 2.12. The van der Waals surface area contributed by atoms with E-state index in [1.807, 2.05) is 37.3 Å². The fraction of sp³-hybridized carbons (Fsp3) is 0.250. The number of halogens is 2. The Morgan fingerprint density at radius 1 is 1.15 bits per heavy atom. The summed E-state index contributed by atoms with van der Waals surface area (Å²) in [6, 6.07) is 9.50. The number of ether oxygens (including phenoxy) is 1. The summed E-state index contributed by atoms with van der Waals surface area (Å²) in [7, 11) is 0. The maximum atomic E-state index is 6.27. The van der Waals surface area contributed by atoms with Crippen LogP contribution in [-0.4, -0.2) is 0 Å². The summed E-state index contributed by atoms with van der Waals surface area (Å²) in [6.45, 7) is 6.18. The summed E-state index contributed by atoms with van der Waals surface area (Å²) in [5.41, 5.74) is 8.62. The molecule has 2 aromatic carbocycles. The van der Waals surface area contributed by atoms with Crippen LogP contribution in [0.25, 0.3) is 0 Å². The van der Waals surface area contributed by atoms with E-state index in [9.17, 15) is 0 Å². The van der Waals surface area contributed by atoms with Crippen LogP contribution < -0.4 is 10.5 Å². The Balaban J connectivity index is 2.40. The van der Waals surface area contributed by atoms with Crippen LogP contribution in [0.15, 0.2) is 34.8 Å². The molecular formula is C16H17BrClNO. The van der Waals surface area contributed by atoms with Gasteiger partial charge in [-0.05, 0) is 54.3 Å². The zero-order chi connectivity index (χ0) is 14.9. The molecule has 2 rings (SSSR count). The molecule has 0 aromatic heterocycles. The van der Waals surface area contributed by atoms with Gasteiger partial charge in [0.1, 0.15) is 11.5 Å². The average molecular weight is 355 g/mol. The Hall–Kier alpha value is -1.19. The Morgan fingerprint density at radius 2 is 1.85 bits per heavy atom. The Kier molecular flexibility index (Phi) is 4.61. The normalized spacial score (nSPS) is 10.9. The van der Waals surface area contributed by atoms with Crippen LogP contribution in [0.5, 0.6) is 11.5 Å². The lowest BCUT2D eigenvalue weighted by Gasteiger charge is -2.15. The molecule has 2 N–H and O–H groups in total. The summed E-state index contributed by atoms with van der Waals surface area (Å²) in [5, 5.41) is 0.772. The van der Waals surface area contributed by atoms with Crippen molar-refractivity contribution in [1.29, 1.82) is 0 Å². The van der Waals surface area contributed by atoms with Crippen molar-refractivity contribution in [2.45, 2.75) is 26.7 Å². The van der Waals surface area contributed by atoms with Gasteiger partial charge >= 0.3 is 0 Å². The van der Waals surface area contributed by atoms with Crippen molar-refractivity contribution in [3.8, 4) is 11.5 Å². The van der Waals surface area contributed by atoms with Gasteiger partial charge in [0.2, 0.25) is 0 Å². The van der Waals surface area contributed by atoms with Crippen molar-refractivity contribution < 1.29 is 4.74 Å². The van der Waals surface area contributed by atoms with E-state index < -0.39 is 0 Å². The molecule has 2 aromatic rings. The van der Waals surface area contributed by atoms with Gasteiger partial charge in [0.25, 0.3) is 0 Å². The van der Waals surface area contributed by atoms with Gasteiger partial charge in [0.05, 0.1) is 5.69 Å². The smallest absolute Gasteiger partial charge is 0.150 e. The SMILES string of the molecule is Cc1cc(Cl)c(C(C)C)cc1Oc1ccc(Br)cc1N. The van der Waals surface area contributed by atoms with Crippen LogP contribution in [0, 0.1) is 6.92 Å². The first-order valence-electron chi connectivity index (χ1n) is 6.41. The van der Waals surface area contributed by atoms with Gasteiger partial charge in [-0.2, -0.15) is 0 Å². The van der Waals surface area contributed by atoms with Gasteiger partial charge in [-0.3, -0.25) is 0 Å². The summed E-state index contributed by atoms with van der Waals surface area (Å²) in [4.78, 5) is 0. The van der Waals surface area contributed by atoms with Crippen LogP contribution in [0.4, 0.5) is 5.69 Å². The summed E-state index contributed by atoms with van der Waals surface area (Å²) in [5.74, 6) is 1.77. The molecular weight excluding hydrogens is 338 g/mol. The lowest BCUT2D eigenvalue weighted by molar-refractivity contribution is 0.480. The largest absolute Gasteiger partial charge is 0.455 e. The molecule has 0 aliphatic heterocycles. The van der Waals surface area contributed by atoms with Gasteiger partial charge in [-0.25, -0.2) is 0 Å². The van der Waals surface area contributed by atoms with E-state index >= 15 is 0 Å². The van der Waals surface area contributed by atoms with Crippen molar-refractivity contribution in [3.05, 3.63) is 51.0 Å². The van der Waals surface area contributed by atoms with Crippen molar-refractivity contribution in [2.24, 2.45) is 0 Å². The van der Waals surface area contributed by atoms with Crippen LogP contribution in [0.3, 0.4) is 0 Å². The van der Waals surface area contributed by atoms with Gasteiger partial charge in [-0.15, -0.1) is 0 Å². The zero-order valence-electron chi connectivity index (χ0n) is 11.7. The highest BCUT2D eigenvalue weighted by molar-refractivity contribution is 9.10. The molecule has 0 spiro atoms. The maximum Gasteiger partial charge on any atom is 0.150 e. The molecule has 106 valence electrons. The number of benzene rings is 2. The number of anilines is 1.